The molecule has 0 bridgehead atoms. The van der Waals surface area contributed by atoms with Gasteiger partial charge in [-0.05, 0) is 49.6 Å². The second-order valence-electron chi connectivity index (χ2n) is 6.84. The summed E-state index contributed by atoms with van der Waals surface area (Å²) in [5.41, 5.74) is 0.568. The van der Waals surface area contributed by atoms with E-state index in [0.29, 0.717) is 37.3 Å². The third-order valence-corrected chi connectivity index (χ3v) is 4.98. The number of hydrogen-bond acceptors (Lipinski definition) is 5. The quantitative estimate of drug-likeness (QED) is 0.702. The highest BCUT2D eigenvalue weighted by atomic mass is 16.5. The predicted octanol–water partition coefficient (Wildman–Crippen LogP) is 2.45. The summed E-state index contributed by atoms with van der Waals surface area (Å²) in [6.07, 6.45) is 2.10. The Labute approximate surface area is 161 Å². The maximum absolute atomic E-state index is 12.6. The van der Waals surface area contributed by atoms with Crippen LogP contribution in [0.1, 0.15) is 39.3 Å². The molecule has 8 nitrogen and oxygen atoms in total. The molecule has 0 spiro atoms. The Bertz CT molecular complexity index is 869. The number of rotatable bonds is 6. The second kappa shape index (κ2) is 8.26. The van der Waals surface area contributed by atoms with Crippen LogP contribution >= 0.6 is 0 Å². The molecule has 3 N–H and O–H groups in total. The average Bonchev–Trinajstić information content (AvgIpc) is 3.23. The van der Waals surface area contributed by atoms with Crippen molar-refractivity contribution in [3.05, 3.63) is 53.5 Å². The SMILES string of the molecule is Cc1ccc(C(=O)NCC2(C(=O)O)CCOCC2)cc1NC(=O)c1ccco1. The van der Waals surface area contributed by atoms with E-state index in [2.05, 4.69) is 10.6 Å². The van der Waals surface area contributed by atoms with Gasteiger partial charge in [-0.15, -0.1) is 0 Å². The van der Waals surface area contributed by atoms with E-state index in [9.17, 15) is 19.5 Å². The van der Waals surface area contributed by atoms with E-state index in [1.165, 1.54) is 6.26 Å². The van der Waals surface area contributed by atoms with Crippen molar-refractivity contribution in [1.29, 1.82) is 0 Å². The van der Waals surface area contributed by atoms with Crippen molar-refractivity contribution in [1.82, 2.24) is 5.32 Å². The van der Waals surface area contributed by atoms with Gasteiger partial charge < -0.3 is 24.9 Å². The number of carboxylic acid groups (broad SMARTS) is 1. The maximum Gasteiger partial charge on any atom is 0.311 e. The van der Waals surface area contributed by atoms with Crippen LogP contribution in [0.2, 0.25) is 0 Å². The van der Waals surface area contributed by atoms with Gasteiger partial charge in [-0.25, -0.2) is 0 Å². The van der Waals surface area contributed by atoms with Gasteiger partial charge in [-0.3, -0.25) is 14.4 Å². The van der Waals surface area contributed by atoms with Crippen molar-refractivity contribution in [3.8, 4) is 0 Å². The lowest BCUT2D eigenvalue weighted by atomic mass is 9.80. The Morgan fingerprint density at radius 1 is 1.14 bits per heavy atom. The minimum atomic E-state index is -1.02. The zero-order valence-electron chi connectivity index (χ0n) is 15.5. The third kappa shape index (κ3) is 4.23. The number of amides is 2. The van der Waals surface area contributed by atoms with E-state index in [0.717, 1.165) is 5.56 Å². The monoisotopic (exact) mass is 386 g/mol. The van der Waals surface area contributed by atoms with E-state index in [-0.39, 0.29) is 12.3 Å². The molecule has 2 aromatic rings. The molecule has 28 heavy (non-hydrogen) atoms. The first-order valence-electron chi connectivity index (χ1n) is 8.96. The van der Waals surface area contributed by atoms with E-state index in [1.54, 1.807) is 37.3 Å². The number of benzene rings is 1. The first-order valence-corrected chi connectivity index (χ1v) is 8.96. The van der Waals surface area contributed by atoms with Crippen LogP contribution in [-0.4, -0.2) is 42.6 Å². The first-order chi connectivity index (χ1) is 13.4. The van der Waals surface area contributed by atoms with Gasteiger partial charge in [-0.2, -0.15) is 0 Å². The van der Waals surface area contributed by atoms with E-state index >= 15 is 0 Å². The van der Waals surface area contributed by atoms with Gasteiger partial charge in [0.05, 0.1) is 11.7 Å². The van der Waals surface area contributed by atoms with Gasteiger partial charge in [0.2, 0.25) is 0 Å². The average molecular weight is 386 g/mol. The lowest BCUT2D eigenvalue weighted by Crippen LogP contribution is -2.46. The van der Waals surface area contributed by atoms with E-state index < -0.39 is 23.2 Å². The Kier molecular flexibility index (Phi) is 5.79. The summed E-state index contributed by atoms with van der Waals surface area (Å²) >= 11 is 0. The Morgan fingerprint density at radius 2 is 1.89 bits per heavy atom. The van der Waals surface area contributed by atoms with Crippen LogP contribution in [0.5, 0.6) is 0 Å². The van der Waals surface area contributed by atoms with Crippen molar-refractivity contribution < 1.29 is 28.6 Å². The summed E-state index contributed by atoms with van der Waals surface area (Å²) in [4.78, 5) is 36.4. The zero-order valence-corrected chi connectivity index (χ0v) is 15.5. The van der Waals surface area contributed by atoms with E-state index in [4.69, 9.17) is 9.15 Å². The molecular weight excluding hydrogens is 364 g/mol. The number of anilines is 1. The molecule has 1 fully saturated rings. The first kappa shape index (κ1) is 19.6. The molecule has 2 heterocycles. The van der Waals surface area contributed by atoms with Crippen LogP contribution in [0.15, 0.2) is 41.0 Å². The number of carbonyl (C=O) groups excluding carboxylic acids is 2. The predicted molar refractivity (Wildman–Crippen MR) is 100 cm³/mol. The topological polar surface area (TPSA) is 118 Å². The summed E-state index contributed by atoms with van der Waals surface area (Å²) in [7, 11) is 0. The molecule has 148 valence electrons. The molecule has 2 amide bonds. The Morgan fingerprint density at radius 3 is 2.54 bits per heavy atom. The lowest BCUT2D eigenvalue weighted by molar-refractivity contribution is -0.154. The van der Waals surface area contributed by atoms with Crippen molar-refractivity contribution >= 4 is 23.5 Å². The third-order valence-electron chi connectivity index (χ3n) is 4.98. The van der Waals surface area contributed by atoms with Crippen LogP contribution < -0.4 is 10.6 Å². The second-order valence-corrected chi connectivity index (χ2v) is 6.84. The van der Waals surface area contributed by atoms with Crippen LogP contribution in [0.4, 0.5) is 5.69 Å². The highest BCUT2D eigenvalue weighted by molar-refractivity contribution is 6.04. The van der Waals surface area contributed by atoms with Gasteiger partial charge >= 0.3 is 5.97 Å². The van der Waals surface area contributed by atoms with Crippen molar-refractivity contribution in [3.63, 3.8) is 0 Å². The van der Waals surface area contributed by atoms with Crippen molar-refractivity contribution in [2.45, 2.75) is 19.8 Å². The van der Waals surface area contributed by atoms with Gasteiger partial charge in [0.15, 0.2) is 5.76 Å². The van der Waals surface area contributed by atoms with Crippen LogP contribution in [-0.2, 0) is 9.53 Å². The minimum Gasteiger partial charge on any atom is -0.481 e. The molecule has 1 aromatic carbocycles. The number of aliphatic carboxylic acids is 1. The summed E-state index contributed by atoms with van der Waals surface area (Å²) in [5, 5.41) is 15.0. The smallest absolute Gasteiger partial charge is 0.311 e. The summed E-state index contributed by atoms with van der Waals surface area (Å²) in [6, 6.07) is 8.06. The summed E-state index contributed by atoms with van der Waals surface area (Å²) in [6.45, 7) is 2.54. The fourth-order valence-electron chi connectivity index (χ4n) is 3.07. The largest absolute Gasteiger partial charge is 0.481 e. The maximum atomic E-state index is 12.6. The molecule has 1 saturated heterocycles. The molecule has 1 aromatic heterocycles. The minimum absolute atomic E-state index is 0.0203. The standard InChI is InChI=1S/C20H22N2O6/c1-13-4-5-14(11-15(13)22-18(24)16-3-2-8-28-16)17(23)21-12-20(19(25)26)6-9-27-10-7-20/h2-5,8,11H,6-7,9-10,12H2,1H3,(H,21,23)(H,22,24)(H,25,26). The number of ether oxygens (including phenoxy) is 1. The van der Waals surface area contributed by atoms with E-state index in [1.807, 2.05) is 0 Å². The summed E-state index contributed by atoms with van der Waals surface area (Å²) in [5.74, 6) is -1.60. The van der Waals surface area contributed by atoms with Gasteiger partial charge in [0.25, 0.3) is 11.8 Å². The molecule has 1 aliphatic heterocycles. The molecule has 0 saturated carbocycles. The normalized spacial score (nSPS) is 15.6. The molecule has 3 rings (SSSR count). The number of nitrogens with one attached hydrogen (secondary N) is 2. The molecule has 0 radical (unpaired) electrons. The highest BCUT2D eigenvalue weighted by Crippen LogP contribution is 2.30. The lowest BCUT2D eigenvalue weighted by Gasteiger charge is -2.33. The number of hydrogen-bond donors (Lipinski definition) is 3. The molecule has 0 atom stereocenters. The van der Waals surface area contributed by atoms with Gasteiger partial charge in [0.1, 0.15) is 0 Å². The van der Waals surface area contributed by atoms with Crippen LogP contribution in [0, 0.1) is 12.3 Å². The fraction of sp³-hybridized carbons (Fsp3) is 0.350. The van der Waals surface area contributed by atoms with Crippen LogP contribution in [0.25, 0.3) is 0 Å². The molecular formula is C20H22N2O6. The zero-order chi connectivity index (χ0) is 20.1. The van der Waals surface area contributed by atoms with Crippen molar-refractivity contribution in [2.75, 3.05) is 25.1 Å². The Balaban J connectivity index is 1.70. The van der Waals surface area contributed by atoms with Gasteiger partial charge in [0, 0.05) is 31.0 Å². The number of furan rings is 1. The van der Waals surface area contributed by atoms with Crippen molar-refractivity contribution in [2.24, 2.45) is 5.41 Å². The molecule has 1 aliphatic rings. The Hall–Kier alpha value is -3.13. The van der Waals surface area contributed by atoms with Crippen LogP contribution in [0.3, 0.4) is 0 Å². The molecule has 8 heteroatoms. The number of carboxylic acids is 1. The number of aryl methyl sites for hydroxylation is 1. The van der Waals surface area contributed by atoms with Gasteiger partial charge in [-0.1, -0.05) is 6.07 Å². The number of carbonyl (C=O) groups is 3. The highest BCUT2D eigenvalue weighted by Gasteiger charge is 2.40. The molecule has 0 aliphatic carbocycles. The summed E-state index contributed by atoms with van der Waals surface area (Å²) < 4.78 is 10.3. The fourth-order valence-corrected chi connectivity index (χ4v) is 3.07. The molecule has 0 unspecified atom stereocenters.